The molecule has 0 spiro atoms. The molecule has 0 amide bonds. The number of aryl methyl sites for hydroxylation is 1. The molecule has 0 aromatic carbocycles. The molecular weight excluding hydrogens is 483 g/mol. The van der Waals surface area contributed by atoms with Gasteiger partial charge in [-0.25, -0.2) is 0 Å². The first-order valence-electron chi connectivity index (χ1n) is 10.6. The van der Waals surface area contributed by atoms with E-state index in [1.165, 1.54) is 0 Å². The lowest BCUT2D eigenvalue weighted by Gasteiger charge is -2.13. The van der Waals surface area contributed by atoms with Gasteiger partial charge in [-0.3, -0.25) is 9.79 Å². The molecule has 2 N–H and O–H groups in total. The van der Waals surface area contributed by atoms with E-state index in [2.05, 4.69) is 22.5 Å². The first-order chi connectivity index (χ1) is 13.7. The second-order valence-electron chi connectivity index (χ2n) is 7.12. The van der Waals surface area contributed by atoms with Crippen LogP contribution in [0.5, 0.6) is 0 Å². The molecule has 7 nitrogen and oxygen atoms in total. The zero-order chi connectivity index (χ0) is 20.0. The molecule has 2 heterocycles. The summed E-state index contributed by atoms with van der Waals surface area (Å²) >= 11 is 0. The maximum absolute atomic E-state index is 11.9. The summed E-state index contributed by atoms with van der Waals surface area (Å²) in [5, 5.41) is 6.63. The molecule has 1 aromatic rings. The number of unbranched alkanes of at least 4 members (excludes halogenated alkanes) is 1. The van der Waals surface area contributed by atoms with E-state index in [-0.39, 0.29) is 35.6 Å². The fraction of sp³-hybridized carbons (Fsp3) is 0.714. The second kappa shape index (κ2) is 15.7. The Labute approximate surface area is 191 Å². The molecule has 1 saturated heterocycles. The van der Waals surface area contributed by atoms with Crippen molar-refractivity contribution in [1.82, 2.24) is 15.2 Å². The Hall–Kier alpha value is -1.13. The third kappa shape index (κ3) is 10.5. The largest absolute Gasteiger partial charge is 0.379 e. The third-order valence-electron chi connectivity index (χ3n) is 4.76. The van der Waals surface area contributed by atoms with E-state index in [1.54, 1.807) is 6.07 Å². The lowest BCUT2D eigenvalue weighted by atomic mass is 10.2. The van der Waals surface area contributed by atoms with Crippen LogP contribution in [-0.2, 0) is 16.0 Å². The summed E-state index contributed by atoms with van der Waals surface area (Å²) in [7, 11) is 0. The van der Waals surface area contributed by atoms with Crippen LogP contribution < -0.4 is 16.2 Å². The van der Waals surface area contributed by atoms with Crippen molar-refractivity contribution in [3.8, 4) is 0 Å². The molecule has 1 unspecified atom stereocenters. The van der Waals surface area contributed by atoms with Crippen LogP contribution >= 0.6 is 24.0 Å². The van der Waals surface area contributed by atoms with Gasteiger partial charge in [-0.05, 0) is 52.0 Å². The Kier molecular flexibility index (Phi) is 14.0. The van der Waals surface area contributed by atoms with Gasteiger partial charge in [0.2, 0.25) is 0 Å². The lowest BCUT2D eigenvalue weighted by Crippen LogP contribution is -2.38. The minimum atomic E-state index is 0. The molecule has 0 radical (unpaired) electrons. The van der Waals surface area contributed by atoms with Gasteiger partial charge in [-0.15, -0.1) is 24.0 Å². The van der Waals surface area contributed by atoms with Crippen molar-refractivity contribution >= 4 is 29.9 Å². The smallest absolute Gasteiger partial charge is 0.250 e. The number of nitrogens with one attached hydrogen (secondary N) is 2. The van der Waals surface area contributed by atoms with Crippen LogP contribution in [-0.4, -0.2) is 56.1 Å². The van der Waals surface area contributed by atoms with Crippen molar-refractivity contribution < 1.29 is 9.47 Å². The summed E-state index contributed by atoms with van der Waals surface area (Å²) in [6.45, 7) is 9.48. The molecule has 0 bridgehead atoms. The summed E-state index contributed by atoms with van der Waals surface area (Å²) in [5.41, 5.74) is 1.08. The summed E-state index contributed by atoms with van der Waals surface area (Å²) in [5.74, 6) is 0.842. The van der Waals surface area contributed by atoms with Crippen molar-refractivity contribution in [1.29, 1.82) is 0 Å². The van der Waals surface area contributed by atoms with E-state index in [0.29, 0.717) is 13.2 Å². The highest BCUT2D eigenvalue weighted by Gasteiger charge is 2.14. The Morgan fingerprint density at radius 3 is 2.90 bits per heavy atom. The lowest BCUT2D eigenvalue weighted by molar-refractivity contribution is 0.0171. The minimum absolute atomic E-state index is 0. The highest BCUT2D eigenvalue weighted by molar-refractivity contribution is 14.0. The molecule has 29 heavy (non-hydrogen) atoms. The van der Waals surface area contributed by atoms with Crippen LogP contribution in [0.15, 0.2) is 28.0 Å². The van der Waals surface area contributed by atoms with E-state index in [4.69, 9.17) is 9.47 Å². The topological polar surface area (TPSA) is 76.9 Å². The maximum atomic E-state index is 11.9. The number of pyridine rings is 1. The van der Waals surface area contributed by atoms with Crippen molar-refractivity contribution in [2.24, 2.45) is 4.99 Å². The van der Waals surface area contributed by atoms with Crippen LogP contribution in [0.1, 0.15) is 44.7 Å². The van der Waals surface area contributed by atoms with E-state index in [0.717, 1.165) is 76.5 Å². The van der Waals surface area contributed by atoms with Crippen molar-refractivity contribution in [3.63, 3.8) is 0 Å². The van der Waals surface area contributed by atoms with Crippen molar-refractivity contribution in [2.45, 2.75) is 58.6 Å². The number of aliphatic imine (C=N–C) groups is 1. The number of hydrogen-bond donors (Lipinski definition) is 2. The number of rotatable bonds is 12. The van der Waals surface area contributed by atoms with E-state index < -0.39 is 0 Å². The number of ether oxygens (including phenoxy) is 2. The number of nitrogens with zero attached hydrogens (tertiary/aromatic N) is 2. The van der Waals surface area contributed by atoms with Gasteiger partial charge >= 0.3 is 0 Å². The Morgan fingerprint density at radius 1 is 1.31 bits per heavy atom. The number of aromatic nitrogens is 1. The van der Waals surface area contributed by atoms with E-state index >= 15 is 0 Å². The van der Waals surface area contributed by atoms with Crippen LogP contribution in [0.3, 0.4) is 0 Å². The number of halogens is 1. The molecule has 1 aromatic heterocycles. The predicted octanol–water partition coefficient (Wildman–Crippen LogP) is 2.70. The molecule has 0 saturated carbocycles. The SMILES string of the molecule is CCNC(=NCCCOCC1CCCO1)NCCCCn1c(C)cccc1=O.I. The molecule has 166 valence electrons. The van der Waals surface area contributed by atoms with Gasteiger partial charge in [0.1, 0.15) is 0 Å². The Bertz CT molecular complexity index is 645. The van der Waals surface area contributed by atoms with Crippen molar-refractivity contribution in [2.75, 3.05) is 39.5 Å². The average Bonchev–Trinajstić information content (AvgIpc) is 3.19. The zero-order valence-electron chi connectivity index (χ0n) is 17.8. The van der Waals surface area contributed by atoms with E-state index in [9.17, 15) is 4.79 Å². The zero-order valence-corrected chi connectivity index (χ0v) is 20.2. The summed E-state index contributed by atoms with van der Waals surface area (Å²) in [6.07, 6.45) is 5.39. The summed E-state index contributed by atoms with van der Waals surface area (Å²) in [4.78, 5) is 16.5. The van der Waals surface area contributed by atoms with Crippen LogP contribution in [0.2, 0.25) is 0 Å². The summed E-state index contributed by atoms with van der Waals surface area (Å²) < 4.78 is 13.0. The first kappa shape index (κ1) is 25.9. The molecule has 0 aliphatic carbocycles. The number of hydrogen-bond acceptors (Lipinski definition) is 4. The Balaban J connectivity index is 0.00000420. The van der Waals surface area contributed by atoms with Crippen LogP contribution in [0.25, 0.3) is 0 Å². The quantitative estimate of drug-likeness (QED) is 0.192. The normalized spacial score (nSPS) is 16.5. The fourth-order valence-corrected chi connectivity index (χ4v) is 3.20. The molecule has 1 aliphatic rings. The molecule has 1 aliphatic heterocycles. The van der Waals surface area contributed by atoms with Gasteiger partial charge in [-0.1, -0.05) is 6.07 Å². The third-order valence-corrected chi connectivity index (χ3v) is 4.76. The monoisotopic (exact) mass is 520 g/mol. The van der Waals surface area contributed by atoms with Crippen LogP contribution in [0.4, 0.5) is 0 Å². The molecular formula is C21H37IN4O3. The molecule has 2 rings (SSSR count). The average molecular weight is 520 g/mol. The second-order valence-corrected chi connectivity index (χ2v) is 7.12. The molecule has 8 heteroatoms. The Morgan fingerprint density at radius 2 is 2.17 bits per heavy atom. The minimum Gasteiger partial charge on any atom is -0.379 e. The highest BCUT2D eigenvalue weighted by atomic mass is 127. The van der Waals surface area contributed by atoms with Gasteiger partial charge in [0.05, 0.1) is 12.7 Å². The van der Waals surface area contributed by atoms with Crippen LogP contribution in [0, 0.1) is 6.92 Å². The standard InChI is InChI=1S/C21H36N4O3.HI/c1-3-22-21(24-13-8-15-27-17-19-10-7-16-28-19)23-12-4-5-14-25-18(2)9-6-11-20(25)26;/h6,9,11,19H,3-5,7-8,10,12-17H2,1-2H3,(H2,22,23,24);1H. The fourth-order valence-electron chi connectivity index (χ4n) is 3.20. The highest BCUT2D eigenvalue weighted by Crippen LogP contribution is 2.11. The van der Waals surface area contributed by atoms with Gasteiger partial charge in [0, 0.05) is 51.2 Å². The first-order valence-corrected chi connectivity index (χ1v) is 10.6. The van der Waals surface area contributed by atoms with Gasteiger partial charge in [0.25, 0.3) is 5.56 Å². The molecule has 1 fully saturated rings. The number of guanidine groups is 1. The van der Waals surface area contributed by atoms with E-state index in [1.807, 2.05) is 23.6 Å². The van der Waals surface area contributed by atoms with Gasteiger partial charge < -0.3 is 24.7 Å². The van der Waals surface area contributed by atoms with Gasteiger partial charge in [0.15, 0.2) is 5.96 Å². The van der Waals surface area contributed by atoms with Gasteiger partial charge in [-0.2, -0.15) is 0 Å². The predicted molar refractivity (Wildman–Crippen MR) is 128 cm³/mol. The van der Waals surface area contributed by atoms with Crippen molar-refractivity contribution in [3.05, 3.63) is 34.2 Å². The maximum Gasteiger partial charge on any atom is 0.250 e. The summed E-state index contributed by atoms with van der Waals surface area (Å²) in [6, 6.07) is 5.40. The molecule has 1 atom stereocenters.